The number of halogens is 1. The number of hydrogen-bond acceptors (Lipinski definition) is 4. The summed E-state index contributed by atoms with van der Waals surface area (Å²) in [6.07, 6.45) is 1.61. The van der Waals surface area contributed by atoms with Crippen molar-refractivity contribution in [2.75, 3.05) is 23.4 Å². The van der Waals surface area contributed by atoms with Crippen LogP contribution in [0.25, 0.3) is 0 Å². The highest BCUT2D eigenvalue weighted by molar-refractivity contribution is 6.28. The van der Waals surface area contributed by atoms with Gasteiger partial charge in [-0.1, -0.05) is 30.3 Å². The number of benzene rings is 1. The molecule has 0 bridgehead atoms. The Bertz CT molecular complexity index is 733. The van der Waals surface area contributed by atoms with Crippen LogP contribution in [0.1, 0.15) is 19.4 Å². The van der Waals surface area contributed by atoms with E-state index in [1.54, 1.807) is 18.1 Å². The van der Waals surface area contributed by atoms with E-state index in [4.69, 9.17) is 11.6 Å². The van der Waals surface area contributed by atoms with Crippen LogP contribution < -0.4 is 9.80 Å². The maximum Gasteiger partial charge on any atom is 0.234 e. The summed E-state index contributed by atoms with van der Waals surface area (Å²) in [7, 11) is 1.76. The van der Waals surface area contributed by atoms with Crippen LogP contribution in [0.5, 0.6) is 0 Å². The first-order valence-electron chi connectivity index (χ1n) is 7.48. The van der Waals surface area contributed by atoms with E-state index in [1.807, 2.05) is 32.0 Å². The Kier molecular flexibility index (Phi) is 3.98. The van der Waals surface area contributed by atoms with Crippen molar-refractivity contribution < 1.29 is 4.79 Å². The minimum atomic E-state index is -0.531. The molecule has 1 amide bonds. The van der Waals surface area contributed by atoms with Crippen LogP contribution in [0.3, 0.4) is 0 Å². The van der Waals surface area contributed by atoms with Crippen molar-refractivity contribution in [3.8, 4) is 0 Å². The highest BCUT2D eigenvalue weighted by Crippen LogP contribution is 2.36. The zero-order valence-corrected chi connectivity index (χ0v) is 14.2. The fourth-order valence-corrected chi connectivity index (χ4v) is 3.06. The molecule has 23 heavy (non-hydrogen) atoms. The lowest BCUT2D eigenvalue weighted by atomic mass is 9.91. The number of amides is 1. The van der Waals surface area contributed by atoms with Gasteiger partial charge in [0.2, 0.25) is 11.2 Å². The Morgan fingerprint density at radius 1 is 1.26 bits per heavy atom. The summed E-state index contributed by atoms with van der Waals surface area (Å²) in [5, 5.41) is 0.183. The van der Waals surface area contributed by atoms with Crippen LogP contribution in [-0.2, 0) is 11.3 Å². The number of fused-ring (bicyclic) bond motifs is 1. The second-order valence-electron chi connectivity index (χ2n) is 6.44. The van der Waals surface area contributed by atoms with Crippen LogP contribution in [-0.4, -0.2) is 29.5 Å². The Hall–Kier alpha value is -2.14. The van der Waals surface area contributed by atoms with Crippen molar-refractivity contribution in [1.82, 2.24) is 9.97 Å². The molecule has 0 unspecified atom stereocenters. The van der Waals surface area contributed by atoms with Gasteiger partial charge in [0.05, 0.1) is 11.6 Å². The van der Waals surface area contributed by atoms with E-state index < -0.39 is 5.41 Å². The molecule has 0 atom stereocenters. The van der Waals surface area contributed by atoms with Gasteiger partial charge in [0.1, 0.15) is 5.69 Å². The molecule has 1 aromatic heterocycles. The lowest BCUT2D eigenvalue weighted by Gasteiger charge is -2.29. The van der Waals surface area contributed by atoms with Crippen molar-refractivity contribution in [3.63, 3.8) is 0 Å². The van der Waals surface area contributed by atoms with Crippen LogP contribution >= 0.6 is 11.6 Å². The van der Waals surface area contributed by atoms with Crippen LogP contribution in [0, 0.1) is 5.41 Å². The molecule has 0 fully saturated rings. The molecule has 2 heterocycles. The topological polar surface area (TPSA) is 49.3 Å². The maximum atomic E-state index is 12.7. The van der Waals surface area contributed by atoms with Crippen molar-refractivity contribution >= 4 is 29.0 Å². The number of anilines is 2. The van der Waals surface area contributed by atoms with Crippen molar-refractivity contribution in [1.29, 1.82) is 0 Å². The summed E-state index contributed by atoms with van der Waals surface area (Å²) in [5.41, 5.74) is 1.30. The number of carbonyl (C=O) groups excluding carboxylic acids is 1. The molecule has 6 heteroatoms. The Balaban J connectivity index is 2.08. The van der Waals surface area contributed by atoms with Crippen LogP contribution in [0.2, 0.25) is 5.28 Å². The molecule has 2 aromatic rings. The molecule has 120 valence electrons. The van der Waals surface area contributed by atoms with E-state index in [1.165, 1.54) is 0 Å². The SMILES string of the molecule is CN1C(=O)C(C)(C)CN(Cc2ccccc2)c2nc(Cl)ncc21. The number of hydrogen-bond donors (Lipinski definition) is 0. The van der Waals surface area contributed by atoms with Crippen molar-refractivity contribution in [3.05, 3.63) is 47.4 Å². The zero-order chi connectivity index (χ0) is 16.6. The summed E-state index contributed by atoms with van der Waals surface area (Å²) >= 11 is 6.00. The third-order valence-electron chi connectivity index (χ3n) is 4.07. The average Bonchev–Trinajstić information content (AvgIpc) is 2.59. The molecular weight excluding hydrogens is 312 g/mol. The van der Waals surface area contributed by atoms with Crippen molar-refractivity contribution in [2.45, 2.75) is 20.4 Å². The predicted octanol–water partition coefficient (Wildman–Crippen LogP) is 3.14. The average molecular weight is 331 g/mol. The van der Waals surface area contributed by atoms with Gasteiger partial charge in [0.15, 0.2) is 5.82 Å². The largest absolute Gasteiger partial charge is 0.349 e. The standard InChI is InChI=1S/C17H19ClN4O/c1-17(2)11-22(10-12-7-5-4-6-8-12)14-13(21(3)15(17)23)9-19-16(18)20-14/h4-9H,10-11H2,1-3H3. The highest BCUT2D eigenvalue weighted by atomic mass is 35.5. The van der Waals surface area contributed by atoms with Crippen LogP contribution in [0.15, 0.2) is 36.5 Å². The van der Waals surface area contributed by atoms with Gasteiger partial charge in [-0.3, -0.25) is 4.79 Å². The van der Waals surface area contributed by atoms with Crippen LogP contribution in [0.4, 0.5) is 11.5 Å². The van der Waals surface area contributed by atoms with Gasteiger partial charge in [-0.2, -0.15) is 4.98 Å². The van der Waals surface area contributed by atoms with Gasteiger partial charge in [0, 0.05) is 20.1 Å². The molecule has 0 radical (unpaired) electrons. The smallest absolute Gasteiger partial charge is 0.234 e. The van der Waals surface area contributed by atoms with E-state index in [9.17, 15) is 4.79 Å². The Labute approximate surface area is 140 Å². The summed E-state index contributed by atoms with van der Waals surface area (Å²) < 4.78 is 0. The van der Waals surface area contributed by atoms with E-state index in [-0.39, 0.29) is 11.2 Å². The normalized spacial score (nSPS) is 17.0. The summed E-state index contributed by atoms with van der Waals surface area (Å²) in [6.45, 7) is 5.12. The summed E-state index contributed by atoms with van der Waals surface area (Å²) in [4.78, 5) is 24.9. The highest BCUT2D eigenvalue weighted by Gasteiger charge is 2.38. The zero-order valence-electron chi connectivity index (χ0n) is 13.5. The predicted molar refractivity (Wildman–Crippen MR) is 91.7 cm³/mol. The molecule has 0 saturated carbocycles. The molecular formula is C17H19ClN4O. The first kappa shape index (κ1) is 15.7. The number of rotatable bonds is 2. The second-order valence-corrected chi connectivity index (χ2v) is 6.78. The van der Waals surface area contributed by atoms with E-state index in [0.29, 0.717) is 24.6 Å². The Morgan fingerprint density at radius 2 is 1.96 bits per heavy atom. The molecule has 1 aliphatic heterocycles. The van der Waals surface area contributed by atoms with Gasteiger partial charge in [0.25, 0.3) is 0 Å². The van der Waals surface area contributed by atoms with Gasteiger partial charge in [-0.05, 0) is 31.0 Å². The molecule has 0 aliphatic carbocycles. The van der Waals surface area contributed by atoms with E-state index in [2.05, 4.69) is 27.0 Å². The maximum absolute atomic E-state index is 12.7. The first-order chi connectivity index (χ1) is 10.9. The summed E-state index contributed by atoms with van der Waals surface area (Å²) in [5.74, 6) is 0.732. The number of aromatic nitrogens is 2. The fraction of sp³-hybridized carbons (Fsp3) is 0.353. The van der Waals surface area contributed by atoms with Gasteiger partial charge in [-0.15, -0.1) is 0 Å². The Morgan fingerprint density at radius 3 is 2.65 bits per heavy atom. The molecule has 0 N–H and O–H groups in total. The first-order valence-corrected chi connectivity index (χ1v) is 7.86. The lowest BCUT2D eigenvalue weighted by molar-refractivity contribution is -0.125. The fourth-order valence-electron chi connectivity index (χ4n) is 2.93. The third-order valence-corrected chi connectivity index (χ3v) is 4.25. The minimum Gasteiger partial charge on any atom is -0.349 e. The number of carbonyl (C=O) groups is 1. The summed E-state index contributed by atoms with van der Waals surface area (Å²) in [6, 6.07) is 10.1. The quantitative estimate of drug-likeness (QED) is 0.794. The van der Waals surface area contributed by atoms with E-state index in [0.717, 1.165) is 5.56 Å². The molecule has 0 spiro atoms. The van der Waals surface area contributed by atoms with E-state index >= 15 is 0 Å². The molecule has 1 aliphatic rings. The molecule has 3 rings (SSSR count). The molecule has 0 saturated heterocycles. The lowest BCUT2D eigenvalue weighted by Crippen LogP contribution is -2.42. The van der Waals surface area contributed by atoms with Gasteiger partial charge in [-0.25, -0.2) is 4.98 Å². The molecule has 5 nitrogen and oxygen atoms in total. The minimum absolute atomic E-state index is 0.0419. The monoisotopic (exact) mass is 330 g/mol. The second kappa shape index (κ2) is 5.81. The van der Waals surface area contributed by atoms with Crippen molar-refractivity contribution in [2.24, 2.45) is 5.41 Å². The third kappa shape index (κ3) is 3.01. The molecule has 1 aromatic carbocycles. The van der Waals surface area contributed by atoms with Gasteiger partial charge >= 0.3 is 0 Å². The number of nitrogens with zero attached hydrogens (tertiary/aromatic N) is 4. The van der Waals surface area contributed by atoms with Gasteiger partial charge < -0.3 is 9.80 Å².